The van der Waals surface area contributed by atoms with E-state index in [1.165, 1.54) is 37.5 Å². The predicted molar refractivity (Wildman–Crippen MR) is 123 cm³/mol. The molecule has 9 heteroatoms. The van der Waals surface area contributed by atoms with E-state index >= 15 is 0 Å². The summed E-state index contributed by atoms with van der Waals surface area (Å²) >= 11 is 6.19. The van der Waals surface area contributed by atoms with Gasteiger partial charge in [-0.2, -0.15) is 0 Å². The molecule has 2 fully saturated rings. The van der Waals surface area contributed by atoms with E-state index in [0.717, 1.165) is 5.70 Å². The van der Waals surface area contributed by atoms with Gasteiger partial charge in [-0.3, -0.25) is 4.79 Å². The zero-order chi connectivity index (χ0) is 22.8. The Hall–Kier alpha value is -2.71. The number of ether oxygens (including phenoxy) is 1. The highest BCUT2D eigenvalue weighted by Gasteiger charge is 2.32. The number of aliphatic imine (C=N–C) groups is 1. The molecule has 0 spiro atoms. The lowest BCUT2D eigenvalue weighted by Gasteiger charge is -2.26. The van der Waals surface area contributed by atoms with Crippen LogP contribution >= 0.6 is 11.6 Å². The van der Waals surface area contributed by atoms with E-state index in [9.17, 15) is 9.18 Å². The molecule has 1 saturated carbocycles. The highest BCUT2D eigenvalue weighted by atomic mass is 35.5. The first-order valence-electron chi connectivity index (χ1n) is 10.8. The number of benzene rings is 1. The SMILES string of the molecule is CC1=N/C(=C2\CN(C(=O)c3ccc(F)cc3OCCNC3CCC3)CC2=N)NC(C)=C1Cl. The smallest absolute Gasteiger partial charge is 0.258 e. The predicted octanol–water partition coefficient (Wildman–Crippen LogP) is 3.57. The highest BCUT2D eigenvalue weighted by molar-refractivity contribution is 6.43. The Balaban J connectivity index is 1.47. The monoisotopic (exact) mass is 459 g/mol. The van der Waals surface area contributed by atoms with Crippen molar-refractivity contribution >= 4 is 28.9 Å². The summed E-state index contributed by atoms with van der Waals surface area (Å²) in [6.07, 6.45) is 3.58. The van der Waals surface area contributed by atoms with Gasteiger partial charge in [0.15, 0.2) is 0 Å². The van der Waals surface area contributed by atoms with Crippen molar-refractivity contribution in [3.63, 3.8) is 0 Å². The highest BCUT2D eigenvalue weighted by Crippen LogP contribution is 2.27. The first kappa shape index (κ1) is 22.5. The zero-order valence-corrected chi connectivity index (χ0v) is 19.0. The van der Waals surface area contributed by atoms with E-state index in [1.54, 1.807) is 11.8 Å². The van der Waals surface area contributed by atoms with Gasteiger partial charge in [0.2, 0.25) is 0 Å². The van der Waals surface area contributed by atoms with Crippen molar-refractivity contribution in [2.45, 2.75) is 39.2 Å². The average Bonchev–Trinajstić information content (AvgIpc) is 3.11. The molecular weight excluding hydrogens is 433 g/mol. The van der Waals surface area contributed by atoms with Gasteiger partial charge < -0.3 is 25.7 Å². The third-order valence-electron chi connectivity index (χ3n) is 5.94. The summed E-state index contributed by atoms with van der Waals surface area (Å²) in [5, 5.41) is 15.4. The van der Waals surface area contributed by atoms with E-state index in [0.29, 0.717) is 47.0 Å². The van der Waals surface area contributed by atoms with E-state index < -0.39 is 5.82 Å². The van der Waals surface area contributed by atoms with Crippen LogP contribution in [0.1, 0.15) is 43.5 Å². The molecule has 0 radical (unpaired) electrons. The number of rotatable bonds is 6. The van der Waals surface area contributed by atoms with Gasteiger partial charge in [0.1, 0.15) is 24.0 Å². The van der Waals surface area contributed by atoms with Crippen LogP contribution in [0.5, 0.6) is 5.75 Å². The van der Waals surface area contributed by atoms with E-state index in [4.69, 9.17) is 21.7 Å². The zero-order valence-electron chi connectivity index (χ0n) is 18.2. The van der Waals surface area contributed by atoms with Gasteiger partial charge in [-0.1, -0.05) is 18.0 Å². The van der Waals surface area contributed by atoms with Crippen LogP contribution in [-0.4, -0.2) is 54.5 Å². The summed E-state index contributed by atoms with van der Waals surface area (Å²) in [6.45, 7) is 4.99. The number of halogens is 2. The number of amides is 1. The summed E-state index contributed by atoms with van der Waals surface area (Å²) in [7, 11) is 0. The molecule has 7 nitrogen and oxygen atoms in total. The first-order chi connectivity index (χ1) is 15.3. The molecular formula is C23H27ClFN5O2. The van der Waals surface area contributed by atoms with E-state index in [2.05, 4.69) is 15.6 Å². The maximum atomic E-state index is 13.9. The molecule has 1 saturated heterocycles. The summed E-state index contributed by atoms with van der Waals surface area (Å²) < 4.78 is 19.6. The first-order valence-corrected chi connectivity index (χ1v) is 11.2. The van der Waals surface area contributed by atoms with Gasteiger partial charge in [0, 0.05) is 29.9 Å². The Kier molecular flexibility index (Phi) is 6.62. The van der Waals surface area contributed by atoms with Crippen molar-refractivity contribution in [1.82, 2.24) is 15.5 Å². The molecule has 1 aliphatic carbocycles. The normalized spacial score (nSPS) is 21.4. The number of hydrogen-bond acceptors (Lipinski definition) is 6. The second kappa shape index (κ2) is 9.42. The molecule has 1 aromatic rings. The number of allylic oxidation sites excluding steroid dienone is 2. The minimum Gasteiger partial charge on any atom is -0.491 e. The topological polar surface area (TPSA) is 89.8 Å². The lowest BCUT2D eigenvalue weighted by atomic mass is 9.93. The van der Waals surface area contributed by atoms with Gasteiger partial charge >= 0.3 is 0 Å². The molecule has 3 aliphatic rings. The van der Waals surface area contributed by atoms with Crippen molar-refractivity contribution < 1.29 is 13.9 Å². The fourth-order valence-corrected chi connectivity index (χ4v) is 3.97. The van der Waals surface area contributed by atoms with Gasteiger partial charge in [-0.15, -0.1) is 0 Å². The van der Waals surface area contributed by atoms with Crippen molar-refractivity contribution in [2.24, 2.45) is 4.99 Å². The number of carbonyl (C=O) groups excluding carboxylic acids is 1. The van der Waals surface area contributed by atoms with Crippen LogP contribution in [0.4, 0.5) is 4.39 Å². The van der Waals surface area contributed by atoms with Crippen LogP contribution in [0.15, 0.2) is 45.3 Å². The summed E-state index contributed by atoms with van der Waals surface area (Å²) in [5.41, 5.74) is 2.63. The second-order valence-electron chi connectivity index (χ2n) is 8.30. The van der Waals surface area contributed by atoms with Gasteiger partial charge in [0.25, 0.3) is 5.91 Å². The van der Waals surface area contributed by atoms with Crippen molar-refractivity contribution in [2.75, 3.05) is 26.2 Å². The Morgan fingerprint density at radius 3 is 2.84 bits per heavy atom. The van der Waals surface area contributed by atoms with E-state index in [1.807, 2.05) is 6.92 Å². The molecule has 170 valence electrons. The summed E-state index contributed by atoms with van der Waals surface area (Å²) in [6, 6.07) is 4.46. The Bertz CT molecular complexity index is 1040. The fraction of sp³-hybridized carbons (Fsp3) is 0.435. The maximum Gasteiger partial charge on any atom is 0.258 e. The van der Waals surface area contributed by atoms with Crippen LogP contribution < -0.4 is 15.4 Å². The molecule has 1 amide bonds. The number of nitrogens with zero attached hydrogens (tertiary/aromatic N) is 2. The van der Waals surface area contributed by atoms with Crippen LogP contribution in [-0.2, 0) is 0 Å². The number of carbonyl (C=O) groups is 1. The molecule has 3 N–H and O–H groups in total. The van der Waals surface area contributed by atoms with Crippen LogP contribution in [0.25, 0.3) is 0 Å². The molecule has 2 aliphatic heterocycles. The third-order valence-corrected chi connectivity index (χ3v) is 6.50. The molecule has 32 heavy (non-hydrogen) atoms. The standard InChI is InChI=1S/C23H27ClFN5O2/c1-13-21(24)14(2)29-22(28-13)18-11-30(12-19(18)26)23(31)17-7-6-15(25)10-20(17)32-9-8-27-16-4-3-5-16/h6-7,10,16,26-28H,3-5,8-9,11-12H2,1-2H3/b22-18+,26-19?. The molecule has 0 atom stereocenters. The average molecular weight is 460 g/mol. The minimum atomic E-state index is -0.462. The van der Waals surface area contributed by atoms with Crippen molar-refractivity contribution in [3.05, 3.63) is 51.7 Å². The third kappa shape index (κ3) is 4.71. The molecule has 2 heterocycles. The molecule has 1 aromatic carbocycles. The molecule has 0 unspecified atom stereocenters. The van der Waals surface area contributed by atoms with Gasteiger partial charge in [-0.05, 0) is 38.8 Å². The van der Waals surface area contributed by atoms with Gasteiger partial charge in [-0.25, -0.2) is 9.38 Å². The number of likely N-dealkylation sites (tertiary alicyclic amines) is 1. The molecule has 4 rings (SSSR count). The summed E-state index contributed by atoms with van der Waals surface area (Å²) in [4.78, 5) is 19.2. The van der Waals surface area contributed by atoms with Gasteiger partial charge in [0.05, 0.1) is 35.1 Å². The maximum absolute atomic E-state index is 13.9. The molecule has 0 bridgehead atoms. The summed E-state index contributed by atoms with van der Waals surface area (Å²) in [5.74, 6) is -0.0273. The van der Waals surface area contributed by atoms with E-state index in [-0.39, 0.29) is 30.3 Å². The van der Waals surface area contributed by atoms with Crippen LogP contribution in [0.2, 0.25) is 0 Å². The van der Waals surface area contributed by atoms with Crippen molar-refractivity contribution in [3.8, 4) is 5.75 Å². The largest absolute Gasteiger partial charge is 0.491 e. The Morgan fingerprint density at radius 2 is 2.16 bits per heavy atom. The second-order valence-corrected chi connectivity index (χ2v) is 8.68. The minimum absolute atomic E-state index is 0.143. The quantitative estimate of drug-likeness (QED) is 0.567. The van der Waals surface area contributed by atoms with Crippen LogP contribution in [0.3, 0.4) is 0 Å². The molecule has 0 aromatic heterocycles. The Morgan fingerprint density at radius 1 is 1.38 bits per heavy atom. The van der Waals surface area contributed by atoms with Crippen molar-refractivity contribution in [1.29, 1.82) is 5.41 Å². The lowest BCUT2D eigenvalue weighted by molar-refractivity contribution is 0.0799. The lowest BCUT2D eigenvalue weighted by Crippen LogP contribution is -2.37. The number of hydrogen-bond donors (Lipinski definition) is 3. The Labute approximate surface area is 191 Å². The van der Waals surface area contributed by atoms with Crippen LogP contribution in [0, 0.1) is 11.2 Å². The fourth-order valence-electron chi connectivity index (χ4n) is 3.88. The number of nitrogens with one attached hydrogen (secondary N) is 3.